The van der Waals surface area contributed by atoms with Crippen molar-refractivity contribution in [3.8, 4) is 0 Å². The Morgan fingerprint density at radius 3 is 2.47 bits per heavy atom. The Morgan fingerprint density at radius 1 is 1.40 bits per heavy atom. The van der Waals surface area contributed by atoms with E-state index >= 15 is 0 Å². The highest BCUT2D eigenvalue weighted by atomic mass is 16.5. The highest BCUT2D eigenvalue weighted by Crippen LogP contribution is 2.18. The van der Waals surface area contributed by atoms with Crippen molar-refractivity contribution >= 4 is 5.97 Å². The quantitative estimate of drug-likeness (QED) is 0.747. The number of quaternary nitrogens is 1. The molecule has 0 amide bonds. The molecule has 0 heterocycles. The summed E-state index contributed by atoms with van der Waals surface area (Å²) in [6.45, 7) is 2.75. The Balaban J connectivity index is 2.74. The van der Waals surface area contributed by atoms with Gasteiger partial charge in [-0.15, -0.1) is 0 Å². The van der Waals surface area contributed by atoms with Crippen LogP contribution < -0.4 is 5.73 Å². The van der Waals surface area contributed by atoms with Gasteiger partial charge in [-0.05, 0) is 12.5 Å². The number of benzene rings is 1. The van der Waals surface area contributed by atoms with Crippen molar-refractivity contribution in [1.82, 2.24) is 0 Å². The number of hydrogen-bond donors (Lipinski definition) is 1. The second-order valence-electron chi connectivity index (χ2n) is 3.68. The Morgan fingerprint density at radius 2 is 2.00 bits per heavy atom. The van der Waals surface area contributed by atoms with Crippen LogP contribution in [0.15, 0.2) is 24.3 Å². The fourth-order valence-corrected chi connectivity index (χ4v) is 1.51. The van der Waals surface area contributed by atoms with Gasteiger partial charge in [0, 0.05) is 5.92 Å². The molecule has 0 aliphatic rings. The topological polar surface area (TPSA) is 53.9 Å². The Bertz CT molecular complexity index is 319. The molecule has 1 aromatic rings. The molecule has 1 atom stereocenters. The van der Waals surface area contributed by atoms with Crippen LogP contribution in [0, 0.1) is 6.92 Å². The number of aryl methyl sites for hydroxylation is 1. The molecule has 3 nitrogen and oxygen atoms in total. The summed E-state index contributed by atoms with van der Waals surface area (Å²) in [6.07, 6.45) is 0.406. The van der Waals surface area contributed by atoms with Crippen molar-refractivity contribution in [2.24, 2.45) is 0 Å². The van der Waals surface area contributed by atoms with E-state index < -0.39 is 0 Å². The molecule has 1 aromatic carbocycles. The summed E-state index contributed by atoms with van der Waals surface area (Å²) in [7, 11) is 1.41. The van der Waals surface area contributed by atoms with Gasteiger partial charge in [-0.25, -0.2) is 0 Å². The Kier molecular flexibility index (Phi) is 4.31. The van der Waals surface area contributed by atoms with Crippen LogP contribution in [0.2, 0.25) is 0 Å². The summed E-state index contributed by atoms with van der Waals surface area (Å²) in [4.78, 5) is 11.2. The van der Waals surface area contributed by atoms with Crippen molar-refractivity contribution in [2.75, 3.05) is 13.7 Å². The van der Waals surface area contributed by atoms with Gasteiger partial charge in [0.1, 0.15) is 0 Å². The number of methoxy groups -OCH3 is 1. The molecule has 0 bridgehead atoms. The van der Waals surface area contributed by atoms with Crippen LogP contribution in [0.25, 0.3) is 0 Å². The number of rotatable bonds is 4. The molecule has 0 saturated heterocycles. The molecule has 82 valence electrons. The van der Waals surface area contributed by atoms with E-state index in [2.05, 4.69) is 22.6 Å². The maximum atomic E-state index is 11.2. The van der Waals surface area contributed by atoms with E-state index in [1.54, 1.807) is 0 Å². The second-order valence-corrected chi connectivity index (χ2v) is 3.68. The van der Waals surface area contributed by atoms with Crippen LogP contribution in [0.3, 0.4) is 0 Å². The predicted molar refractivity (Wildman–Crippen MR) is 58.3 cm³/mol. The van der Waals surface area contributed by atoms with Gasteiger partial charge in [0.2, 0.25) is 0 Å². The summed E-state index contributed by atoms with van der Waals surface area (Å²) in [6, 6.07) is 8.20. The van der Waals surface area contributed by atoms with E-state index in [0.29, 0.717) is 13.0 Å². The summed E-state index contributed by atoms with van der Waals surface area (Å²) in [5, 5.41) is 0. The molecule has 0 aliphatic carbocycles. The molecular formula is C12H18NO2+. The molecule has 0 unspecified atom stereocenters. The van der Waals surface area contributed by atoms with Gasteiger partial charge in [-0.3, -0.25) is 4.79 Å². The lowest BCUT2D eigenvalue weighted by atomic mass is 9.95. The van der Waals surface area contributed by atoms with Gasteiger partial charge in [0.05, 0.1) is 20.1 Å². The van der Waals surface area contributed by atoms with Crippen LogP contribution in [0.5, 0.6) is 0 Å². The monoisotopic (exact) mass is 208 g/mol. The Labute approximate surface area is 90.2 Å². The Hall–Kier alpha value is -1.35. The highest BCUT2D eigenvalue weighted by Gasteiger charge is 2.16. The summed E-state index contributed by atoms with van der Waals surface area (Å²) in [5.41, 5.74) is 6.24. The third-order valence-corrected chi connectivity index (χ3v) is 2.54. The average Bonchev–Trinajstić information content (AvgIpc) is 2.27. The van der Waals surface area contributed by atoms with Crippen LogP contribution >= 0.6 is 0 Å². The molecule has 3 heteroatoms. The number of hydrogen-bond acceptors (Lipinski definition) is 2. The smallest absolute Gasteiger partial charge is 0.306 e. The molecule has 0 spiro atoms. The molecule has 0 fully saturated rings. The molecule has 0 aliphatic heterocycles. The van der Waals surface area contributed by atoms with E-state index in [9.17, 15) is 4.79 Å². The van der Waals surface area contributed by atoms with Crippen molar-refractivity contribution in [2.45, 2.75) is 19.3 Å². The van der Waals surface area contributed by atoms with E-state index in [-0.39, 0.29) is 11.9 Å². The van der Waals surface area contributed by atoms with Crippen molar-refractivity contribution in [1.29, 1.82) is 0 Å². The van der Waals surface area contributed by atoms with Gasteiger partial charge in [-0.1, -0.05) is 29.8 Å². The van der Waals surface area contributed by atoms with Crippen molar-refractivity contribution < 1.29 is 15.3 Å². The SMILES string of the molecule is COC(=O)C[C@@H](C[NH3+])c1ccc(C)cc1. The van der Waals surface area contributed by atoms with Crippen molar-refractivity contribution in [3.05, 3.63) is 35.4 Å². The van der Waals surface area contributed by atoms with Crippen molar-refractivity contribution in [3.63, 3.8) is 0 Å². The van der Waals surface area contributed by atoms with Crippen LogP contribution in [-0.4, -0.2) is 19.6 Å². The lowest BCUT2D eigenvalue weighted by Gasteiger charge is -2.11. The zero-order valence-corrected chi connectivity index (χ0v) is 9.32. The minimum atomic E-state index is -0.177. The number of carbonyl (C=O) groups is 1. The molecule has 1 rings (SSSR count). The molecule has 3 N–H and O–H groups in total. The van der Waals surface area contributed by atoms with E-state index in [4.69, 9.17) is 0 Å². The fourth-order valence-electron chi connectivity index (χ4n) is 1.51. The number of ether oxygens (including phenoxy) is 1. The predicted octanol–water partition coefficient (Wildman–Crippen LogP) is 0.884. The van der Waals surface area contributed by atoms with Gasteiger partial charge >= 0.3 is 5.97 Å². The van der Waals surface area contributed by atoms with Gasteiger partial charge in [0.25, 0.3) is 0 Å². The van der Waals surface area contributed by atoms with Crippen LogP contribution in [0.4, 0.5) is 0 Å². The van der Waals surface area contributed by atoms with Gasteiger partial charge in [0.15, 0.2) is 0 Å². The third-order valence-electron chi connectivity index (χ3n) is 2.54. The van der Waals surface area contributed by atoms with E-state index in [0.717, 1.165) is 5.56 Å². The lowest BCUT2D eigenvalue weighted by molar-refractivity contribution is -0.372. The first-order valence-electron chi connectivity index (χ1n) is 5.10. The molecule has 0 aromatic heterocycles. The molecule has 15 heavy (non-hydrogen) atoms. The third kappa shape index (κ3) is 3.36. The van der Waals surface area contributed by atoms with Gasteiger partial charge in [-0.2, -0.15) is 0 Å². The van der Waals surface area contributed by atoms with E-state index in [1.165, 1.54) is 12.7 Å². The zero-order valence-electron chi connectivity index (χ0n) is 9.32. The van der Waals surface area contributed by atoms with Gasteiger partial charge < -0.3 is 10.5 Å². The number of esters is 1. The molecule has 0 radical (unpaired) electrons. The molecule has 0 saturated carbocycles. The maximum Gasteiger partial charge on any atom is 0.306 e. The first kappa shape index (κ1) is 11.7. The standard InChI is InChI=1S/C12H17NO2/c1-9-3-5-10(6-4-9)11(8-13)7-12(14)15-2/h3-6,11H,7-8,13H2,1-2H3/p+1/t11-/m0/s1. The first-order chi connectivity index (χ1) is 7.17. The normalized spacial score (nSPS) is 12.2. The maximum absolute atomic E-state index is 11.2. The minimum absolute atomic E-state index is 0.165. The largest absolute Gasteiger partial charge is 0.469 e. The van der Waals surface area contributed by atoms with Crippen LogP contribution in [0.1, 0.15) is 23.5 Å². The second kappa shape index (κ2) is 5.51. The lowest BCUT2D eigenvalue weighted by Crippen LogP contribution is -2.53. The highest BCUT2D eigenvalue weighted by molar-refractivity contribution is 5.70. The fraction of sp³-hybridized carbons (Fsp3) is 0.417. The molecular weight excluding hydrogens is 190 g/mol. The summed E-state index contributed by atoms with van der Waals surface area (Å²) < 4.78 is 4.66. The van der Waals surface area contributed by atoms with E-state index in [1.807, 2.05) is 19.1 Å². The van der Waals surface area contributed by atoms with Crippen LogP contribution in [-0.2, 0) is 9.53 Å². The summed E-state index contributed by atoms with van der Waals surface area (Å²) >= 11 is 0. The first-order valence-corrected chi connectivity index (χ1v) is 5.10. The average molecular weight is 208 g/mol. The zero-order chi connectivity index (χ0) is 11.3. The summed E-state index contributed by atoms with van der Waals surface area (Å²) in [5.74, 6) is -0.0118. The minimum Gasteiger partial charge on any atom is -0.469 e. The number of carbonyl (C=O) groups excluding carboxylic acids is 1.